The maximum atomic E-state index is 6.02. The lowest BCUT2D eigenvalue weighted by Crippen LogP contribution is -2.44. The maximum Gasteiger partial charge on any atom is 0.177 e. The van der Waals surface area contributed by atoms with Crippen LogP contribution in [-0.4, -0.2) is 66.3 Å². The lowest BCUT2D eigenvalue weighted by Gasteiger charge is -2.32. The second-order valence-corrected chi connectivity index (χ2v) is 5.31. The first-order valence-corrected chi connectivity index (χ1v) is 7.30. The first-order valence-electron chi connectivity index (χ1n) is 6.92. The number of halogens is 1. The molecule has 0 N–H and O–H groups in total. The molecule has 0 saturated carbocycles. The van der Waals surface area contributed by atoms with E-state index in [0.29, 0.717) is 11.8 Å². The van der Waals surface area contributed by atoms with Gasteiger partial charge in [0.1, 0.15) is 6.61 Å². The van der Waals surface area contributed by atoms with E-state index in [9.17, 15) is 0 Å². The Balaban J connectivity index is 1.62. The van der Waals surface area contributed by atoms with E-state index >= 15 is 0 Å². The van der Waals surface area contributed by atoms with Crippen LogP contribution in [0.25, 0.3) is 0 Å². The number of hydrogen-bond acceptors (Lipinski definition) is 5. The second-order valence-electron chi connectivity index (χ2n) is 4.96. The fourth-order valence-electron chi connectivity index (χ4n) is 2.06. The summed E-state index contributed by atoms with van der Waals surface area (Å²) in [5.41, 5.74) is 0.772. The largest absolute Gasteiger partial charge is 0.395 e. The van der Waals surface area contributed by atoms with Gasteiger partial charge in [0.2, 0.25) is 0 Å². The van der Waals surface area contributed by atoms with E-state index in [2.05, 4.69) is 27.0 Å². The number of rotatable bonds is 6. The van der Waals surface area contributed by atoms with Gasteiger partial charge in [0.15, 0.2) is 5.17 Å². The summed E-state index contributed by atoms with van der Waals surface area (Å²) >= 11 is 6.02. The zero-order valence-electron chi connectivity index (χ0n) is 11.8. The second kappa shape index (κ2) is 8.19. The van der Waals surface area contributed by atoms with E-state index in [1.807, 2.05) is 12.1 Å². The van der Waals surface area contributed by atoms with Crippen LogP contribution in [0, 0.1) is 0 Å². The minimum absolute atomic E-state index is 0.345. The molecular formula is C14H21ClN4O. The van der Waals surface area contributed by atoms with Crippen molar-refractivity contribution < 1.29 is 4.84 Å². The van der Waals surface area contributed by atoms with E-state index in [1.165, 1.54) is 0 Å². The summed E-state index contributed by atoms with van der Waals surface area (Å²) < 4.78 is 0. The molecule has 1 aliphatic rings. The van der Waals surface area contributed by atoms with Crippen molar-refractivity contribution in [1.82, 2.24) is 14.8 Å². The molecule has 1 aromatic rings. The van der Waals surface area contributed by atoms with Crippen molar-refractivity contribution in [3.8, 4) is 0 Å². The zero-order valence-corrected chi connectivity index (χ0v) is 12.6. The lowest BCUT2D eigenvalue weighted by molar-refractivity contribution is 0.111. The van der Waals surface area contributed by atoms with E-state index in [1.54, 1.807) is 12.4 Å². The van der Waals surface area contributed by atoms with Crippen LogP contribution in [0.3, 0.4) is 0 Å². The highest BCUT2D eigenvalue weighted by molar-refractivity contribution is 6.69. The number of likely N-dealkylation sites (N-methyl/N-ethyl adjacent to an activating group) is 1. The van der Waals surface area contributed by atoms with Crippen molar-refractivity contribution in [2.24, 2.45) is 5.16 Å². The normalized spacial score (nSPS) is 18.2. The summed E-state index contributed by atoms with van der Waals surface area (Å²) in [6, 6.07) is 3.67. The van der Waals surface area contributed by atoms with Gasteiger partial charge in [-0.3, -0.25) is 4.98 Å². The van der Waals surface area contributed by atoms with Gasteiger partial charge in [-0.05, 0) is 25.6 Å². The Kier molecular flexibility index (Phi) is 6.24. The van der Waals surface area contributed by atoms with E-state index in [0.717, 1.165) is 44.7 Å². The number of pyridine rings is 1. The van der Waals surface area contributed by atoms with Crippen LogP contribution in [0.1, 0.15) is 12.0 Å². The predicted octanol–water partition coefficient (Wildman–Crippen LogP) is 1.64. The zero-order chi connectivity index (χ0) is 14.2. The van der Waals surface area contributed by atoms with Gasteiger partial charge in [0.25, 0.3) is 0 Å². The van der Waals surface area contributed by atoms with Gasteiger partial charge in [-0.25, -0.2) is 0 Å². The first kappa shape index (κ1) is 15.2. The molecule has 2 rings (SSSR count). The van der Waals surface area contributed by atoms with Crippen molar-refractivity contribution in [3.05, 3.63) is 30.1 Å². The van der Waals surface area contributed by atoms with Crippen LogP contribution in [0.5, 0.6) is 0 Å². The summed E-state index contributed by atoms with van der Waals surface area (Å²) in [5, 5.41) is 4.25. The van der Waals surface area contributed by atoms with E-state index in [-0.39, 0.29) is 0 Å². The Bertz CT molecular complexity index is 418. The average Bonchev–Trinajstić information content (AvgIpc) is 2.49. The number of piperazine rings is 1. The minimum atomic E-state index is 0.345. The molecule has 0 amide bonds. The standard InChI is InChI=1S/C14H21ClN4O/c1-18-7-9-19(10-8-18)6-3-11-20-17-14(15)13-4-2-5-16-12-13/h2,4-5,12H,3,6-11H2,1H3. The summed E-state index contributed by atoms with van der Waals surface area (Å²) in [6.45, 7) is 6.20. The fraction of sp³-hybridized carbons (Fsp3) is 0.571. The quantitative estimate of drug-likeness (QED) is 0.455. The molecule has 0 spiro atoms. The fourth-order valence-corrected chi connectivity index (χ4v) is 2.22. The number of hydrogen-bond donors (Lipinski definition) is 0. The van der Waals surface area contributed by atoms with Crippen LogP contribution in [0.4, 0.5) is 0 Å². The van der Waals surface area contributed by atoms with Crippen molar-refractivity contribution in [3.63, 3.8) is 0 Å². The van der Waals surface area contributed by atoms with Gasteiger partial charge in [-0.1, -0.05) is 16.8 Å². The van der Waals surface area contributed by atoms with Crippen LogP contribution in [0.2, 0.25) is 0 Å². The highest BCUT2D eigenvalue weighted by Crippen LogP contribution is 2.04. The Morgan fingerprint density at radius 3 is 2.90 bits per heavy atom. The van der Waals surface area contributed by atoms with Crippen molar-refractivity contribution in [2.75, 3.05) is 46.4 Å². The lowest BCUT2D eigenvalue weighted by atomic mass is 10.3. The van der Waals surface area contributed by atoms with Gasteiger partial charge >= 0.3 is 0 Å². The molecule has 5 nitrogen and oxygen atoms in total. The smallest absolute Gasteiger partial charge is 0.177 e. The summed E-state index contributed by atoms with van der Waals surface area (Å²) in [7, 11) is 2.16. The molecule has 0 bridgehead atoms. The summed E-state index contributed by atoms with van der Waals surface area (Å²) in [4.78, 5) is 14.0. The van der Waals surface area contributed by atoms with E-state index < -0.39 is 0 Å². The van der Waals surface area contributed by atoms with Gasteiger partial charge < -0.3 is 14.6 Å². The van der Waals surface area contributed by atoms with E-state index in [4.69, 9.17) is 16.4 Å². The topological polar surface area (TPSA) is 41.0 Å². The van der Waals surface area contributed by atoms with Gasteiger partial charge in [0.05, 0.1) is 0 Å². The molecule has 0 atom stereocenters. The van der Waals surface area contributed by atoms with Gasteiger partial charge in [-0.2, -0.15) is 0 Å². The van der Waals surface area contributed by atoms with Crippen LogP contribution < -0.4 is 0 Å². The van der Waals surface area contributed by atoms with Crippen molar-refractivity contribution in [1.29, 1.82) is 0 Å². The number of nitrogens with zero attached hydrogens (tertiary/aromatic N) is 4. The Labute approximate surface area is 125 Å². The van der Waals surface area contributed by atoms with Crippen LogP contribution >= 0.6 is 11.6 Å². The molecule has 1 fully saturated rings. The minimum Gasteiger partial charge on any atom is -0.395 e. The van der Waals surface area contributed by atoms with Crippen molar-refractivity contribution >= 4 is 16.8 Å². The Morgan fingerprint density at radius 2 is 2.20 bits per heavy atom. The maximum absolute atomic E-state index is 6.02. The molecule has 0 radical (unpaired) electrons. The number of oxime groups is 1. The highest BCUT2D eigenvalue weighted by atomic mass is 35.5. The van der Waals surface area contributed by atoms with Crippen LogP contribution in [-0.2, 0) is 4.84 Å². The third-order valence-corrected chi connectivity index (χ3v) is 3.64. The number of aromatic nitrogens is 1. The molecule has 1 aliphatic heterocycles. The molecule has 0 aliphatic carbocycles. The monoisotopic (exact) mass is 296 g/mol. The molecule has 0 unspecified atom stereocenters. The van der Waals surface area contributed by atoms with Crippen molar-refractivity contribution in [2.45, 2.75) is 6.42 Å². The molecule has 110 valence electrons. The van der Waals surface area contributed by atoms with Gasteiger partial charge in [0, 0.05) is 50.7 Å². The highest BCUT2D eigenvalue weighted by Gasteiger charge is 2.12. The molecule has 1 aromatic heterocycles. The average molecular weight is 297 g/mol. The third-order valence-electron chi connectivity index (χ3n) is 3.35. The Morgan fingerprint density at radius 1 is 1.40 bits per heavy atom. The Hall–Kier alpha value is -1.17. The summed E-state index contributed by atoms with van der Waals surface area (Å²) in [6.07, 6.45) is 4.33. The molecular weight excluding hydrogens is 276 g/mol. The third kappa shape index (κ3) is 5.07. The first-order chi connectivity index (χ1) is 9.75. The molecule has 20 heavy (non-hydrogen) atoms. The molecule has 1 saturated heterocycles. The SMILES string of the molecule is CN1CCN(CCCON=C(Cl)c2cccnc2)CC1. The van der Waals surface area contributed by atoms with Crippen LogP contribution in [0.15, 0.2) is 29.7 Å². The van der Waals surface area contributed by atoms with Gasteiger partial charge in [-0.15, -0.1) is 0 Å². The predicted molar refractivity (Wildman–Crippen MR) is 81.1 cm³/mol. The molecule has 6 heteroatoms. The molecule has 0 aromatic carbocycles. The summed E-state index contributed by atoms with van der Waals surface area (Å²) in [5.74, 6) is 0. The molecule has 2 heterocycles.